The largest absolute Gasteiger partial charge is 0.387 e. The first kappa shape index (κ1) is 18.5. The van der Waals surface area contributed by atoms with Gasteiger partial charge in [-0.05, 0) is 67.1 Å². The number of nitrogens with zero attached hydrogens (tertiary/aromatic N) is 2. The highest BCUT2D eigenvalue weighted by molar-refractivity contribution is 5.83. The second kappa shape index (κ2) is 7.43. The number of aliphatic hydroxyl groups is 1. The molecule has 1 unspecified atom stereocenters. The third-order valence-corrected chi connectivity index (χ3v) is 6.71. The zero-order valence-corrected chi connectivity index (χ0v) is 17.4. The van der Waals surface area contributed by atoms with E-state index in [1.807, 2.05) is 6.20 Å². The number of aromatic amines is 1. The fourth-order valence-electron chi connectivity index (χ4n) is 5.15. The van der Waals surface area contributed by atoms with Crippen LogP contribution in [0, 0.1) is 0 Å². The van der Waals surface area contributed by atoms with E-state index in [0.717, 1.165) is 44.5 Å². The molecule has 5 nitrogen and oxygen atoms in total. The lowest BCUT2D eigenvalue weighted by Gasteiger charge is -2.22. The van der Waals surface area contributed by atoms with Crippen LogP contribution in [0.5, 0.6) is 0 Å². The number of rotatable bonds is 5. The van der Waals surface area contributed by atoms with Crippen LogP contribution >= 0.6 is 0 Å². The van der Waals surface area contributed by atoms with Gasteiger partial charge in [0.25, 0.3) is 0 Å². The molecule has 0 fully saturated rings. The topological polar surface area (TPSA) is 64.2 Å². The Labute approximate surface area is 181 Å². The van der Waals surface area contributed by atoms with Gasteiger partial charge in [0, 0.05) is 59.0 Å². The number of pyridine rings is 1. The predicted molar refractivity (Wildman–Crippen MR) is 125 cm³/mol. The van der Waals surface area contributed by atoms with Crippen molar-refractivity contribution in [1.29, 1.82) is 0 Å². The van der Waals surface area contributed by atoms with Gasteiger partial charge in [0.2, 0.25) is 0 Å². The summed E-state index contributed by atoms with van der Waals surface area (Å²) in [5, 5.41) is 15.1. The monoisotopic (exact) mass is 410 g/mol. The molecule has 156 valence electrons. The van der Waals surface area contributed by atoms with E-state index in [2.05, 4.69) is 74.9 Å². The number of fused-ring (bicyclic) bond motifs is 3. The van der Waals surface area contributed by atoms with Crippen LogP contribution in [-0.4, -0.2) is 28.2 Å². The van der Waals surface area contributed by atoms with Crippen LogP contribution in [0.2, 0.25) is 0 Å². The molecular weight excluding hydrogens is 384 g/mol. The van der Waals surface area contributed by atoms with Gasteiger partial charge in [0.1, 0.15) is 0 Å². The van der Waals surface area contributed by atoms with Gasteiger partial charge in [-0.15, -0.1) is 0 Å². The molecule has 5 heteroatoms. The molecule has 0 spiro atoms. The molecule has 1 atom stereocenters. The van der Waals surface area contributed by atoms with Gasteiger partial charge in [0.15, 0.2) is 0 Å². The van der Waals surface area contributed by atoms with E-state index in [9.17, 15) is 5.11 Å². The Kier molecular flexibility index (Phi) is 4.42. The lowest BCUT2D eigenvalue weighted by Crippen LogP contribution is -2.15. The second-order valence-electron chi connectivity index (χ2n) is 8.53. The van der Waals surface area contributed by atoms with Crippen molar-refractivity contribution >= 4 is 28.0 Å². The molecule has 0 amide bonds. The van der Waals surface area contributed by atoms with Crippen molar-refractivity contribution in [3.05, 3.63) is 83.3 Å². The Morgan fingerprint density at radius 3 is 3.00 bits per heavy atom. The maximum absolute atomic E-state index is 10.2. The van der Waals surface area contributed by atoms with Gasteiger partial charge in [-0.25, -0.2) is 0 Å². The molecule has 4 aromatic rings. The minimum atomic E-state index is -0.416. The summed E-state index contributed by atoms with van der Waals surface area (Å²) in [7, 11) is 0. The van der Waals surface area contributed by atoms with Gasteiger partial charge in [-0.3, -0.25) is 4.98 Å². The van der Waals surface area contributed by atoms with E-state index in [0.29, 0.717) is 0 Å². The molecule has 0 saturated heterocycles. The summed E-state index contributed by atoms with van der Waals surface area (Å²) in [4.78, 5) is 10.2. The van der Waals surface area contributed by atoms with Crippen molar-refractivity contribution in [2.75, 3.05) is 23.3 Å². The quantitative estimate of drug-likeness (QED) is 0.438. The third-order valence-electron chi connectivity index (χ3n) is 6.71. The van der Waals surface area contributed by atoms with Crippen molar-refractivity contribution in [1.82, 2.24) is 9.97 Å². The minimum absolute atomic E-state index is 0.416. The maximum atomic E-state index is 10.2. The summed E-state index contributed by atoms with van der Waals surface area (Å²) in [5.74, 6) is 0. The van der Waals surface area contributed by atoms with Crippen molar-refractivity contribution in [3.63, 3.8) is 0 Å². The number of nitrogens with one attached hydrogen (secondary N) is 2. The molecule has 0 radical (unpaired) electrons. The Morgan fingerprint density at radius 1 is 1.10 bits per heavy atom. The van der Waals surface area contributed by atoms with Crippen molar-refractivity contribution in [3.8, 4) is 0 Å². The van der Waals surface area contributed by atoms with E-state index in [4.69, 9.17) is 0 Å². The first-order valence-electron chi connectivity index (χ1n) is 11.1. The van der Waals surface area contributed by atoms with Gasteiger partial charge in [-0.1, -0.05) is 18.2 Å². The van der Waals surface area contributed by atoms with Crippen molar-refractivity contribution < 1.29 is 5.11 Å². The summed E-state index contributed by atoms with van der Waals surface area (Å²) in [5.41, 5.74) is 9.66. The SMILES string of the molecule is OC1CCc2c(N3CCc4cc(NCCc5c[nH]c6ccccc56)ccc43)ccnc21. The number of benzene rings is 2. The first-order chi connectivity index (χ1) is 15.3. The van der Waals surface area contributed by atoms with Gasteiger partial charge in [0.05, 0.1) is 11.8 Å². The minimum Gasteiger partial charge on any atom is -0.387 e. The van der Waals surface area contributed by atoms with Gasteiger partial charge >= 0.3 is 0 Å². The lowest BCUT2D eigenvalue weighted by atomic mass is 10.1. The van der Waals surface area contributed by atoms with E-state index in [1.54, 1.807) is 0 Å². The molecule has 2 aliphatic rings. The molecule has 1 aliphatic heterocycles. The van der Waals surface area contributed by atoms with E-state index in [1.165, 1.54) is 44.7 Å². The fourth-order valence-corrected chi connectivity index (χ4v) is 5.15. The predicted octanol–water partition coefficient (Wildman–Crippen LogP) is 4.89. The Morgan fingerprint density at radius 2 is 2.03 bits per heavy atom. The first-order valence-corrected chi connectivity index (χ1v) is 11.1. The number of para-hydroxylation sites is 1. The molecule has 1 aliphatic carbocycles. The standard InChI is InChI=1S/C26H26N4O/c31-25-8-6-21-24(10-13-28-26(21)25)30-14-11-17-15-19(5-7-23(17)30)27-12-9-18-16-29-22-4-2-1-3-20(18)22/h1-5,7,10,13,15-16,25,27,29,31H,6,8-9,11-12,14H2. The summed E-state index contributed by atoms with van der Waals surface area (Å²) < 4.78 is 0. The highest BCUT2D eigenvalue weighted by atomic mass is 16.3. The van der Waals surface area contributed by atoms with Crippen LogP contribution in [0.15, 0.2) is 60.9 Å². The van der Waals surface area contributed by atoms with Crippen molar-refractivity contribution in [2.45, 2.75) is 31.8 Å². The third kappa shape index (κ3) is 3.17. The molecule has 3 heterocycles. The summed E-state index contributed by atoms with van der Waals surface area (Å²) in [6.07, 6.45) is 7.24. The Balaban J connectivity index is 1.18. The molecule has 0 bridgehead atoms. The van der Waals surface area contributed by atoms with Gasteiger partial charge < -0.3 is 20.3 Å². The molecular formula is C26H26N4O. The molecule has 0 saturated carbocycles. The maximum Gasteiger partial charge on any atom is 0.0966 e. The highest BCUT2D eigenvalue weighted by Gasteiger charge is 2.29. The van der Waals surface area contributed by atoms with E-state index < -0.39 is 6.10 Å². The number of hydrogen-bond donors (Lipinski definition) is 3. The van der Waals surface area contributed by atoms with E-state index >= 15 is 0 Å². The highest BCUT2D eigenvalue weighted by Crippen LogP contribution is 2.42. The Bertz CT molecular complexity index is 1260. The number of H-pyrrole nitrogens is 1. The number of aliphatic hydroxyl groups excluding tert-OH is 1. The van der Waals surface area contributed by atoms with Gasteiger partial charge in [-0.2, -0.15) is 0 Å². The average molecular weight is 411 g/mol. The van der Waals surface area contributed by atoms with Crippen LogP contribution in [0.3, 0.4) is 0 Å². The summed E-state index contributed by atoms with van der Waals surface area (Å²) in [6, 6.07) is 17.3. The van der Waals surface area contributed by atoms with E-state index in [-0.39, 0.29) is 0 Å². The number of anilines is 3. The normalized spacial score (nSPS) is 17.2. The summed E-state index contributed by atoms with van der Waals surface area (Å²) >= 11 is 0. The molecule has 3 N–H and O–H groups in total. The van der Waals surface area contributed by atoms with Crippen molar-refractivity contribution in [2.24, 2.45) is 0 Å². The zero-order valence-electron chi connectivity index (χ0n) is 17.4. The lowest BCUT2D eigenvalue weighted by molar-refractivity contribution is 0.176. The molecule has 2 aromatic heterocycles. The summed E-state index contributed by atoms with van der Waals surface area (Å²) in [6.45, 7) is 1.88. The number of hydrogen-bond acceptors (Lipinski definition) is 4. The van der Waals surface area contributed by atoms with Crippen LogP contribution in [0.1, 0.15) is 34.9 Å². The smallest absolute Gasteiger partial charge is 0.0966 e. The number of aromatic nitrogens is 2. The fraction of sp³-hybridized carbons (Fsp3) is 0.269. The molecule has 31 heavy (non-hydrogen) atoms. The zero-order chi connectivity index (χ0) is 20.8. The Hall–Kier alpha value is -3.31. The van der Waals surface area contributed by atoms with Crippen LogP contribution in [0.4, 0.5) is 17.1 Å². The molecule has 2 aromatic carbocycles. The average Bonchev–Trinajstić information content (AvgIpc) is 3.51. The van der Waals surface area contributed by atoms with Crippen LogP contribution in [-0.2, 0) is 19.3 Å². The second-order valence-corrected chi connectivity index (χ2v) is 8.53. The van der Waals surface area contributed by atoms with Crippen LogP contribution in [0.25, 0.3) is 10.9 Å². The van der Waals surface area contributed by atoms with Crippen LogP contribution < -0.4 is 10.2 Å². The molecule has 6 rings (SSSR count).